The zero-order valence-corrected chi connectivity index (χ0v) is 39.8. The van der Waals surface area contributed by atoms with Crippen LogP contribution in [0.5, 0.6) is 0 Å². The maximum atomic E-state index is 16.1. The van der Waals surface area contributed by atoms with Gasteiger partial charge in [0.05, 0.1) is 43.3 Å². The van der Waals surface area contributed by atoms with Gasteiger partial charge in [-0.05, 0) is 150 Å². The first-order valence-electron chi connectivity index (χ1n) is 23.2. The first-order chi connectivity index (χ1) is 32.3. The predicted molar refractivity (Wildman–Crippen MR) is 250 cm³/mol. The Morgan fingerprint density at radius 1 is 0.941 bits per heavy atom. The Morgan fingerprint density at radius 3 is 2.32 bits per heavy atom. The van der Waals surface area contributed by atoms with E-state index >= 15 is 13.6 Å². The van der Waals surface area contributed by atoms with Crippen molar-refractivity contribution in [2.45, 2.75) is 120 Å². The Morgan fingerprint density at radius 2 is 1.66 bits per heavy atom. The number of aryl methyl sites for hydroxylation is 3. The van der Waals surface area contributed by atoms with E-state index in [4.69, 9.17) is 19.1 Å². The average Bonchev–Trinajstić information content (AvgIpc) is 4.03. The summed E-state index contributed by atoms with van der Waals surface area (Å²) in [7, 11) is -3.23. The molecule has 2 aliphatic heterocycles. The number of halogens is 2. The lowest BCUT2D eigenvalue weighted by atomic mass is 9.83. The Balaban J connectivity index is 1.05. The van der Waals surface area contributed by atoms with Crippen LogP contribution in [0.25, 0.3) is 28.1 Å². The standard InChI is InChI=1S/C50H53F2N9O6S/c1-26-20-39(36(51)23-41(26)68(53,65)35-9-10-35)58-15-16-59(48(58)64)44-42-30(5)57(14-12-37(42)55-61(44)34-18-27(2)43(52)28(3)19-34)45(62)40-22-33-21-31(32-13-17-66-49(6,7)25-32)8-11-38(33)60(40)50(24-29(50)4)46-54-47(63)67-56-46/h8,11,15-16,18-23,29-30,32,35,53H,9-10,12-14,17,24-25H2,1-7H3,(H,54,56,63)/t29-,30-,32-,50-,68+/m0/s1. The molecule has 1 amide bonds. The van der Waals surface area contributed by atoms with Crippen LogP contribution in [0.2, 0.25) is 0 Å². The SMILES string of the molecule is Cc1cc(-n2ccn(-c3c4c(nn3-c3cc(C)c(F)c(C)c3)CCN(C(=O)c3cc5cc([C@H]6CCOC(C)(C)C6)ccc5n3[C@@]3(c5noc(=O)[nH]5)C[C@@H]3C)[C@H]4C)c2=O)c(F)cc1[S@](=N)(=O)C1CC1. The fourth-order valence-electron chi connectivity index (χ4n) is 11.2. The van der Waals surface area contributed by atoms with E-state index in [0.717, 1.165) is 39.9 Å². The summed E-state index contributed by atoms with van der Waals surface area (Å²) < 4.78 is 70.5. The monoisotopic (exact) mass is 945 g/mol. The van der Waals surface area contributed by atoms with E-state index in [0.29, 0.717) is 83.3 Å². The minimum absolute atomic E-state index is 0.0192. The molecule has 7 aromatic rings. The molecule has 3 fully saturated rings. The molecule has 6 heterocycles. The second kappa shape index (κ2) is 15.3. The lowest BCUT2D eigenvalue weighted by Gasteiger charge is -2.35. The molecule has 0 spiro atoms. The smallest absolute Gasteiger partial charge is 0.376 e. The Kier molecular flexibility index (Phi) is 9.93. The number of fused-ring (bicyclic) bond motifs is 2. The van der Waals surface area contributed by atoms with Crippen molar-refractivity contribution in [3.8, 4) is 17.2 Å². The molecule has 15 nitrogen and oxygen atoms in total. The predicted octanol–water partition coefficient (Wildman–Crippen LogP) is 8.43. The molecule has 5 atom stereocenters. The zero-order chi connectivity index (χ0) is 47.9. The fourth-order valence-corrected chi connectivity index (χ4v) is 13.1. The lowest BCUT2D eigenvalue weighted by molar-refractivity contribution is -0.0592. The van der Waals surface area contributed by atoms with Gasteiger partial charge in [-0.2, -0.15) is 5.10 Å². The second-order valence-electron chi connectivity index (χ2n) is 20.1. The number of carbonyl (C=O) groups excluding carboxylic acids is 1. The molecule has 0 unspecified atom stereocenters. The minimum atomic E-state index is -3.23. The van der Waals surface area contributed by atoms with Gasteiger partial charge in [-0.3, -0.25) is 23.4 Å². The number of ether oxygens (including phenoxy) is 1. The lowest BCUT2D eigenvalue weighted by Crippen LogP contribution is -2.41. The molecule has 0 bridgehead atoms. The van der Waals surface area contributed by atoms with Crippen LogP contribution in [-0.4, -0.2) is 72.6 Å². The summed E-state index contributed by atoms with van der Waals surface area (Å²) in [5, 5.41) is 9.77. The van der Waals surface area contributed by atoms with Gasteiger partial charge in [0.1, 0.15) is 28.7 Å². The third kappa shape index (κ3) is 6.79. The Bertz CT molecular complexity index is 3480. The second-order valence-corrected chi connectivity index (χ2v) is 22.4. The van der Waals surface area contributed by atoms with E-state index in [1.807, 2.05) is 24.5 Å². The number of hydrogen-bond donors (Lipinski definition) is 2. The van der Waals surface area contributed by atoms with E-state index in [-0.39, 0.29) is 51.5 Å². The number of benzene rings is 3. The van der Waals surface area contributed by atoms with Gasteiger partial charge in [-0.25, -0.2) is 32.0 Å². The number of amides is 1. The zero-order valence-electron chi connectivity index (χ0n) is 39.0. The van der Waals surface area contributed by atoms with E-state index in [1.165, 1.54) is 23.0 Å². The van der Waals surface area contributed by atoms with Crippen LogP contribution in [0.15, 0.2) is 79.9 Å². The number of aromatic amines is 1. The van der Waals surface area contributed by atoms with Crippen LogP contribution in [0.1, 0.15) is 122 Å². The Hall–Kier alpha value is -6.40. The van der Waals surface area contributed by atoms with Gasteiger partial charge in [0.25, 0.3) is 5.91 Å². The summed E-state index contributed by atoms with van der Waals surface area (Å²) in [5.74, 6) is -1.28. The van der Waals surface area contributed by atoms with Crippen LogP contribution < -0.4 is 11.4 Å². The highest BCUT2D eigenvalue weighted by atomic mass is 32.2. The fraction of sp³-hybridized carbons (Fsp3) is 0.420. The quantitative estimate of drug-likeness (QED) is 0.145. The minimum Gasteiger partial charge on any atom is -0.376 e. The summed E-state index contributed by atoms with van der Waals surface area (Å²) in [5.41, 5.74) is 3.35. The van der Waals surface area contributed by atoms with Crippen molar-refractivity contribution in [3.05, 3.63) is 139 Å². The van der Waals surface area contributed by atoms with Gasteiger partial charge in [0, 0.05) is 53.7 Å². The molecule has 11 rings (SSSR count). The van der Waals surface area contributed by atoms with Crippen molar-refractivity contribution in [1.82, 2.24) is 38.5 Å². The number of nitrogens with zero attached hydrogens (tertiary/aromatic N) is 7. The molecule has 3 aromatic carbocycles. The number of carbonyl (C=O) groups is 1. The summed E-state index contributed by atoms with van der Waals surface area (Å²) in [6.07, 6.45) is 6.85. The van der Waals surface area contributed by atoms with Gasteiger partial charge < -0.3 is 14.2 Å². The van der Waals surface area contributed by atoms with E-state index in [2.05, 4.69) is 42.2 Å². The molecule has 2 saturated carbocycles. The van der Waals surface area contributed by atoms with Gasteiger partial charge in [-0.15, -0.1) is 0 Å². The Labute approximate surface area is 390 Å². The van der Waals surface area contributed by atoms with Crippen molar-refractivity contribution >= 4 is 26.5 Å². The summed E-state index contributed by atoms with van der Waals surface area (Å²) in [6, 6.07) is 13.4. The van der Waals surface area contributed by atoms with Crippen LogP contribution in [-0.2, 0) is 26.4 Å². The average molecular weight is 946 g/mol. The molecule has 354 valence electrons. The van der Waals surface area contributed by atoms with Crippen LogP contribution in [0.4, 0.5) is 8.78 Å². The summed E-state index contributed by atoms with van der Waals surface area (Å²) >= 11 is 0. The number of H-pyrrole nitrogens is 1. The van der Waals surface area contributed by atoms with Crippen molar-refractivity contribution < 1.29 is 27.0 Å². The third-order valence-corrected chi connectivity index (χ3v) is 17.4. The van der Waals surface area contributed by atoms with Crippen molar-refractivity contribution in [3.63, 3.8) is 0 Å². The third-order valence-electron chi connectivity index (χ3n) is 14.9. The highest BCUT2D eigenvalue weighted by Crippen LogP contribution is 2.56. The maximum absolute atomic E-state index is 16.1. The first-order valence-corrected chi connectivity index (χ1v) is 24.9. The van der Waals surface area contributed by atoms with Crippen LogP contribution in [0, 0.1) is 43.1 Å². The molecular formula is C50H53F2N9O6S. The molecule has 0 radical (unpaired) electrons. The highest BCUT2D eigenvalue weighted by molar-refractivity contribution is 7.93. The van der Waals surface area contributed by atoms with Gasteiger partial charge >= 0.3 is 11.4 Å². The normalized spacial score (nSPS) is 23.2. The molecule has 68 heavy (non-hydrogen) atoms. The number of imidazole rings is 1. The highest BCUT2D eigenvalue weighted by Gasteiger charge is 2.59. The van der Waals surface area contributed by atoms with Crippen LogP contribution in [0.3, 0.4) is 0 Å². The first kappa shape index (κ1) is 44.1. The molecule has 18 heteroatoms. The summed E-state index contributed by atoms with van der Waals surface area (Å²) in [6.45, 7) is 14.0. The topological polar surface area (TPSA) is 179 Å². The largest absolute Gasteiger partial charge is 0.438 e. The van der Waals surface area contributed by atoms with E-state index in [9.17, 15) is 13.8 Å². The molecule has 2 N–H and O–H groups in total. The van der Waals surface area contributed by atoms with Gasteiger partial charge in [-0.1, -0.05) is 18.1 Å². The number of aromatic nitrogens is 7. The number of nitrogens with one attached hydrogen (secondary N) is 2. The number of rotatable bonds is 9. The molecule has 4 aromatic heterocycles. The van der Waals surface area contributed by atoms with Gasteiger partial charge in [0.2, 0.25) is 0 Å². The van der Waals surface area contributed by atoms with E-state index < -0.39 is 38.6 Å². The number of hydrogen-bond acceptors (Lipinski definition) is 9. The van der Waals surface area contributed by atoms with Crippen molar-refractivity contribution in [2.24, 2.45) is 5.92 Å². The maximum Gasteiger partial charge on any atom is 0.438 e. The summed E-state index contributed by atoms with van der Waals surface area (Å²) in [4.78, 5) is 47.5. The van der Waals surface area contributed by atoms with Crippen LogP contribution >= 0.6 is 0 Å². The van der Waals surface area contributed by atoms with Crippen molar-refractivity contribution in [1.29, 1.82) is 4.78 Å². The molecule has 4 aliphatic rings. The molecule has 2 aliphatic carbocycles. The van der Waals surface area contributed by atoms with E-state index in [1.54, 1.807) is 42.5 Å². The molecular weight excluding hydrogens is 893 g/mol. The van der Waals surface area contributed by atoms with Crippen molar-refractivity contribution in [2.75, 3.05) is 13.2 Å². The van der Waals surface area contributed by atoms with Gasteiger partial charge in [0.15, 0.2) is 5.82 Å². The molecule has 1 saturated heterocycles.